The summed E-state index contributed by atoms with van der Waals surface area (Å²) in [4.78, 5) is 45.3. The maximum atomic E-state index is 13.4. The molecule has 0 saturated heterocycles. The molecule has 2 amide bonds. The fourth-order valence-electron chi connectivity index (χ4n) is 4.35. The van der Waals surface area contributed by atoms with Gasteiger partial charge in [-0.3, -0.25) is 19.4 Å². The Bertz CT molecular complexity index is 1650. The zero-order chi connectivity index (χ0) is 25.1. The smallest absolute Gasteiger partial charge is 0.261 e. The number of carbonyl (C=O) groups is 2. The summed E-state index contributed by atoms with van der Waals surface area (Å²) in [7, 11) is 0. The van der Waals surface area contributed by atoms with Crippen LogP contribution in [0.1, 0.15) is 37.9 Å². The van der Waals surface area contributed by atoms with Crippen molar-refractivity contribution >= 4 is 33.4 Å². The lowest BCUT2D eigenvalue weighted by Gasteiger charge is -2.21. The highest BCUT2D eigenvalue weighted by molar-refractivity contribution is 6.06. The van der Waals surface area contributed by atoms with Crippen molar-refractivity contribution in [3.8, 4) is 0 Å². The van der Waals surface area contributed by atoms with Crippen molar-refractivity contribution in [2.24, 2.45) is 0 Å². The lowest BCUT2D eigenvalue weighted by atomic mass is 10.0. The van der Waals surface area contributed by atoms with Crippen LogP contribution in [-0.4, -0.2) is 28.3 Å². The van der Waals surface area contributed by atoms with Crippen LogP contribution < -0.4 is 16.2 Å². The molecule has 3 N–H and O–H groups in total. The summed E-state index contributed by atoms with van der Waals surface area (Å²) in [6.07, 6.45) is 4.76. The molecule has 0 bridgehead atoms. The van der Waals surface area contributed by atoms with Crippen molar-refractivity contribution in [2.45, 2.75) is 13.0 Å². The molecule has 0 aliphatic carbocycles. The number of hydrogen-bond acceptors (Lipinski definition) is 4. The van der Waals surface area contributed by atoms with Crippen molar-refractivity contribution in [3.05, 3.63) is 124 Å². The average molecular weight is 477 g/mol. The fourth-order valence-corrected chi connectivity index (χ4v) is 4.35. The quantitative estimate of drug-likeness (QED) is 0.340. The highest BCUT2D eigenvalue weighted by Crippen LogP contribution is 2.22. The first kappa shape index (κ1) is 23.0. The Morgan fingerprint density at radius 3 is 2.44 bits per heavy atom. The predicted molar refractivity (Wildman–Crippen MR) is 140 cm³/mol. The maximum Gasteiger partial charge on any atom is 0.261 e. The molecule has 0 spiro atoms. The van der Waals surface area contributed by atoms with E-state index in [1.807, 2.05) is 66.7 Å². The molecule has 178 valence electrons. The number of carbonyl (C=O) groups excluding carboxylic acids is 2. The van der Waals surface area contributed by atoms with E-state index in [1.54, 1.807) is 25.4 Å². The molecule has 0 saturated carbocycles. The van der Waals surface area contributed by atoms with E-state index in [0.717, 1.165) is 27.1 Å². The van der Waals surface area contributed by atoms with Gasteiger partial charge in [-0.25, -0.2) is 0 Å². The molecule has 7 heteroatoms. The zero-order valence-electron chi connectivity index (χ0n) is 19.6. The largest absolute Gasteiger partial charge is 0.349 e. The van der Waals surface area contributed by atoms with Gasteiger partial charge in [0.25, 0.3) is 17.4 Å². The van der Waals surface area contributed by atoms with Crippen LogP contribution in [0.25, 0.3) is 21.5 Å². The third kappa shape index (κ3) is 4.59. The second-order valence-corrected chi connectivity index (χ2v) is 8.62. The first-order valence-corrected chi connectivity index (χ1v) is 11.6. The SMILES string of the molecule is Cc1cc[nH]c(=O)c1C(=O)NC[C@H](NC(=O)c1cncc2ccccc12)c1ccc2ccccc2c1. The van der Waals surface area contributed by atoms with Gasteiger partial charge in [0.15, 0.2) is 0 Å². The molecule has 0 radical (unpaired) electrons. The van der Waals surface area contributed by atoms with E-state index in [9.17, 15) is 14.4 Å². The Kier molecular flexibility index (Phi) is 6.28. The van der Waals surface area contributed by atoms with Crippen LogP contribution in [0.2, 0.25) is 0 Å². The van der Waals surface area contributed by atoms with Gasteiger partial charge >= 0.3 is 0 Å². The lowest BCUT2D eigenvalue weighted by molar-refractivity contribution is 0.0908. The van der Waals surface area contributed by atoms with E-state index in [2.05, 4.69) is 20.6 Å². The summed E-state index contributed by atoms with van der Waals surface area (Å²) in [5.74, 6) is -0.804. The first-order valence-electron chi connectivity index (χ1n) is 11.6. The third-order valence-corrected chi connectivity index (χ3v) is 6.26. The van der Waals surface area contributed by atoms with Crippen LogP contribution in [0.15, 0.2) is 96.2 Å². The van der Waals surface area contributed by atoms with Crippen molar-refractivity contribution in [1.29, 1.82) is 0 Å². The summed E-state index contributed by atoms with van der Waals surface area (Å²) >= 11 is 0. The summed E-state index contributed by atoms with van der Waals surface area (Å²) in [5.41, 5.74) is 1.44. The molecule has 5 aromatic rings. The monoisotopic (exact) mass is 476 g/mol. The van der Waals surface area contributed by atoms with Crippen LogP contribution in [0.3, 0.4) is 0 Å². The molecule has 3 aromatic carbocycles. The minimum absolute atomic E-state index is 0.0549. The van der Waals surface area contributed by atoms with Gasteiger partial charge < -0.3 is 15.6 Å². The first-order chi connectivity index (χ1) is 17.5. The van der Waals surface area contributed by atoms with Crippen molar-refractivity contribution < 1.29 is 9.59 Å². The van der Waals surface area contributed by atoms with Crippen molar-refractivity contribution in [1.82, 2.24) is 20.6 Å². The molecule has 0 aliphatic heterocycles. The number of benzene rings is 3. The van der Waals surface area contributed by atoms with Gasteiger partial charge in [-0.15, -0.1) is 0 Å². The highest BCUT2D eigenvalue weighted by atomic mass is 16.2. The number of hydrogen-bond donors (Lipinski definition) is 3. The summed E-state index contributed by atoms with van der Waals surface area (Å²) in [5, 5.41) is 9.63. The van der Waals surface area contributed by atoms with Gasteiger partial charge in [-0.1, -0.05) is 60.7 Å². The number of nitrogens with one attached hydrogen (secondary N) is 3. The Labute approximate surface area is 207 Å². The fraction of sp³-hybridized carbons (Fsp3) is 0.103. The number of aryl methyl sites for hydroxylation is 1. The zero-order valence-corrected chi connectivity index (χ0v) is 19.6. The number of pyridine rings is 2. The third-order valence-electron chi connectivity index (χ3n) is 6.26. The minimum Gasteiger partial charge on any atom is -0.349 e. The number of aromatic amines is 1. The Morgan fingerprint density at radius 1 is 0.889 bits per heavy atom. The normalized spacial score (nSPS) is 11.8. The van der Waals surface area contributed by atoms with Gasteiger partial charge in [0.05, 0.1) is 11.6 Å². The van der Waals surface area contributed by atoms with Crippen molar-refractivity contribution in [2.75, 3.05) is 6.54 Å². The van der Waals surface area contributed by atoms with E-state index in [0.29, 0.717) is 11.1 Å². The maximum absolute atomic E-state index is 13.4. The molecule has 0 fully saturated rings. The number of aromatic nitrogens is 2. The number of fused-ring (bicyclic) bond motifs is 2. The van der Waals surface area contributed by atoms with Gasteiger partial charge in [-0.05, 0) is 46.3 Å². The Hall–Kier alpha value is -4.78. The second kappa shape index (κ2) is 9.84. The molecule has 0 unspecified atom stereocenters. The summed E-state index contributed by atoms with van der Waals surface area (Å²) in [6, 6.07) is 22.5. The second-order valence-electron chi connectivity index (χ2n) is 8.62. The van der Waals surface area contributed by atoms with Gasteiger partial charge in [-0.2, -0.15) is 0 Å². The van der Waals surface area contributed by atoms with Crippen LogP contribution in [0, 0.1) is 6.92 Å². The molecule has 2 aromatic heterocycles. The Morgan fingerprint density at radius 2 is 1.64 bits per heavy atom. The van der Waals surface area contributed by atoms with Crippen LogP contribution in [0.5, 0.6) is 0 Å². The van der Waals surface area contributed by atoms with Crippen molar-refractivity contribution in [3.63, 3.8) is 0 Å². The lowest BCUT2D eigenvalue weighted by Crippen LogP contribution is -2.39. The van der Waals surface area contributed by atoms with E-state index in [4.69, 9.17) is 0 Å². The van der Waals surface area contributed by atoms with Gasteiger partial charge in [0.2, 0.25) is 0 Å². The molecule has 1 atom stereocenters. The molecular formula is C29H24N4O3. The topological polar surface area (TPSA) is 104 Å². The van der Waals surface area contributed by atoms with E-state index < -0.39 is 17.5 Å². The number of amides is 2. The van der Waals surface area contributed by atoms with Gasteiger partial charge in [0.1, 0.15) is 5.56 Å². The number of rotatable bonds is 6. The van der Waals surface area contributed by atoms with Crippen LogP contribution in [-0.2, 0) is 0 Å². The summed E-state index contributed by atoms with van der Waals surface area (Å²) < 4.78 is 0. The standard InChI is InChI=1S/C29H24N4O3/c1-18-12-13-31-28(35)26(18)29(36)32-17-25(21-11-10-19-6-2-3-7-20(19)14-21)33-27(34)24-16-30-15-22-8-4-5-9-23(22)24/h2-16,25H,17H2,1H3,(H,31,35)(H,32,36)(H,33,34)/t25-/m0/s1. The van der Waals surface area contributed by atoms with E-state index in [1.165, 1.54) is 6.20 Å². The summed E-state index contributed by atoms with van der Waals surface area (Å²) in [6.45, 7) is 1.80. The van der Waals surface area contributed by atoms with Crippen LogP contribution >= 0.6 is 0 Å². The predicted octanol–water partition coefficient (Wildman–Crippen LogP) is 4.29. The molecule has 0 aliphatic rings. The highest BCUT2D eigenvalue weighted by Gasteiger charge is 2.21. The molecular weight excluding hydrogens is 452 g/mol. The molecule has 7 nitrogen and oxygen atoms in total. The van der Waals surface area contributed by atoms with Gasteiger partial charge in [0, 0.05) is 30.5 Å². The molecule has 5 rings (SSSR count). The van der Waals surface area contributed by atoms with E-state index in [-0.39, 0.29) is 18.0 Å². The average Bonchev–Trinajstić information content (AvgIpc) is 2.90. The van der Waals surface area contributed by atoms with E-state index >= 15 is 0 Å². The number of nitrogens with zero attached hydrogens (tertiary/aromatic N) is 1. The number of H-pyrrole nitrogens is 1. The minimum atomic E-state index is -0.548. The molecule has 36 heavy (non-hydrogen) atoms. The Balaban J connectivity index is 1.47. The molecule has 2 heterocycles. The van der Waals surface area contributed by atoms with Crippen LogP contribution in [0.4, 0.5) is 0 Å².